The van der Waals surface area contributed by atoms with E-state index in [0.29, 0.717) is 36.8 Å². The highest BCUT2D eigenvalue weighted by Crippen LogP contribution is 2.39. The highest BCUT2D eigenvalue weighted by Gasteiger charge is 2.33. The number of halogens is 2. The molecule has 0 aliphatic carbocycles. The number of anilines is 1. The van der Waals surface area contributed by atoms with Gasteiger partial charge in [0.1, 0.15) is 11.8 Å². The van der Waals surface area contributed by atoms with Crippen LogP contribution >= 0.6 is 11.6 Å². The zero-order valence-corrected chi connectivity index (χ0v) is 18.5. The topological polar surface area (TPSA) is 88.1 Å². The van der Waals surface area contributed by atoms with Gasteiger partial charge >= 0.3 is 0 Å². The molecule has 4 heterocycles. The molecule has 1 saturated heterocycles. The third-order valence-corrected chi connectivity index (χ3v) is 6.16. The van der Waals surface area contributed by atoms with E-state index in [4.69, 9.17) is 16.3 Å². The smallest absolute Gasteiger partial charge is 0.219 e. The van der Waals surface area contributed by atoms with E-state index in [1.165, 1.54) is 6.92 Å². The van der Waals surface area contributed by atoms with Crippen LogP contribution in [0.15, 0.2) is 18.6 Å². The quantitative estimate of drug-likeness (QED) is 0.563. The van der Waals surface area contributed by atoms with Crippen molar-refractivity contribution in [3.63, 3.8) is 0 Å². The van der Waals surface area contributed by atoms with Crippen LogP contribution in [0.3, 0.4) is 0 Å². The Kier molecular flexibility index (Phi) is 6.15. The number of aromatic amines is 1. The largest absolute Gasteiger partial charge is 0.383 e. The van der Waals surface area contributed by atoms with Gasteiger partial charge in [-0.3, -0.25) is 9.48 Å². The molecule has 1 unspecified atom stereocenters. The van der Waals surface area contributed by atoms with Crippen LogP contribution in [0, 0.1) is 6.92 Å². The number of carbonyl (C=O) groups is 1. The maximum Gasteiger partial charge on any atom is 0.219 e. The molecule has 10 heteroatoms. The Morgan fingerprint density at radius 3 is 2.94 bits per heavy atom. The van der Waals surface area contributed by atoms with Gasteiger partial charge in [0.15, 0.2) is 0 Å². The fraction of sp³-hybridized carbons (Fsp3) is 0.476. The number of amides is 1. The number of fused-ring (bicyclic) bond motifs is 1. The number of hydrogen-bond donors (Lipinski definition) is 2. The fourth-order valence-electron chi connectivity index (χ4n) is 4.20. The van der Waals surface area contributed by atoms with Crippen LogP contribution < -0.4 is 5.32 Å². The molecule has 3 aromatic heterocycles. The summed E-state index contributed by atoms with van der Waals surface area (Å²) in [5, 5.41) is 9.27. The van der Waals surface area contributed by atoms with Gasteiger partial charge in [-0.25, -0.2) is 9.37 Å². The van der Waals surface area contributed by atoms with Crippen molar-refractivity contribution in [3.05, 3.63) is 29.3 Å². The normalized spacial score (nSPS) is 19.2. The van der Waals surface area contributed by atoms with Crippen molar-refractivity contribution >= 4 is 34.2 Å². The lowest BCUT2D eigenvalue weighted by molar-refractivity contribution is -0.131. The number of nitrogens with zero attached hydrogens (tertiary/aromatic N) is 4. The summed E-state index contributed by atoms with van der Waals surface area (Å²) in [5.41, 5.74) is 4.04. The van der Waals surface area contributed by atoms with E-state index in [1.807, 2.05) is 6.92 Å². The van der Waals surface area contributed by atoms with Gasteiger partial charge in [-0.1, -0.05) is 11.6 Å². The lowest BCUT2D eigenvalue weighted by Crippen LogP contribution is -2.45. The van der Waals surface area contributed by atoms with Crippen LogP contribution in [0.4, 0.5) is 10.1 Å². The van der Waals surface area contributed by atoms with Crippen molar-refractivity contribution < 1.29 is 13.9 Å². The number of hydrogen-bond acceptors (Lipinski definition) is 5. The summed E-state index contributed by atoms with van der Waals surface area (Å²) in [6.45, 7) is 5.12. The van der Waals surface area contributed by atoms with Crippen molar-refractivity contribution in [3.8, 4) is 11.1 Å². The van der Waals surface area contributed by atoms with E-state index < -0.39 is 12.2 Å². The summed E-state index contributed by atoms with van der Waals surface area (Å²) < 4.78 is 21.8. The van der Waals surface area contributed by atoms with Gasteiger partial charge in [-0.15, -0.1) is 0 Å². The zero-order valence-electron chi connectivity index (χ0n) is 17.8. The lowest BCUT2D eigenvalue weighted by Gasteiger charge is -2.34. The number of H-pyrrole nitrogens is 1. The third-order valence-electron chi connectivity index (χ3n) is 5.86. The Hall–Kier alpha value is -2.65. The first-order chi connectivity index (χ1) is 14.9. The molecular weight excluding hydrogens is 423 g/mol. The lowest BCUT2D eigenvalue weighted by atomic mass is 10.0. The molecular formula is C21H26ClFN6O2. The van der Waals surface area contributed by atoms with E-state index in [9.17, 15) is 9.18 Å². The molecule has 8 nitrogen and oxygen atoms in total. The summed E-state index contributed by atoms with van der Waals surface area (Å²) >= 11 is 6.43. The number of rotatable bonds is 6. The maximum atomic E-state index is 14.9. The molecule has 1 fully saturated rings. The first-order valence-electron chi connectivity index (χ1n) is 10.2. The highest BCUT2D eigenvalue weighted by atomic mass is 35.5. The summed E-state index contributed by atoms with van der Waals surface area (Å²) in [6, 6.07) is -0.415. The number of methoxy groups -OCH3 is 1. The molecule has 2 N–H and O–H groups in total. The van der Waals surface area contributed by atoms with Crippen LogP contribution in [0.25, 0.3) is 22.2 Å². The molecule has 0 bridgehead atoms. The molecule has 3 aromatic rings. The van der Waals surface area contributed by atoms with E-state index in [0.717, 1.165) is 27.9 Å². The second kappa shape index (κ2) is 8.84. The number of carbonyl (C=O) groups excluding carboxylic acids is 1. The summed E-state index contributed by atoms with van der Waals surface area (Å²) in [4.78, 5) is 20.7. The van der Waals surface area contributed by atoms with Crippen LogP contribution in [0.1, 0.15) is 25.1 Å². The predicted octanol–water partition coefficient (Wildman–Crippen LogP) is 3.58. The average Bonchev–Trinajstić information content (AvgIpc) is 3.31. The van der Waals surface area contributed by atoms with Crippen LogP contribution in [0.5, 0.6) is 0 Å². The van der Waals surface area contributed by atoms with Crippen LogP contribution in [-0.2, 0) is 9.53 Å². The Balaban J connectivity index is 1.71. The van der Waals surface area contributed by atoms with Gasteiger partial charge in [-0.05, 0) is 13.3 Å². The first-order valence-corrected chi connectivity index (χ1v) is 10.6. The summed E-state index contributed by atoms with van der Waals surface area (Å²) in [6.07, 6.45) is 4.55. The Morgan fingerprint density at radius 1 is 1.42 bits per heavy atom. The molecule has 4 rings (SSSR count). The Bertz CT molecular complexity index is 1100. The molecule has 0 aromatic carbocycles. The van der Waals surface area contributed by atoms with Crippen molar-refractivity contribution in [2.75, 3.05) is 38.7 Å². The van der Waals surface area contributed by atoms with Gasteiger partial charge in [0.2, 0.25) is 5.91 Å². The number of nitrogens with one attached hydrogen (secondary N) is 2. The van der Waals surface area contributed by atoms with Crippen LogP contribution in [0.2, 0.25) is 5.02 Å². The van der Waals surface area contributed by atoms with Gasteiger partial charge in [0, 0.05) is 56.3 Å². The molecule has 0 spiro atoms. The second-order valence-corrected chi connectivity index (χ2v) is 8.16. The summed E-state index contributed by atoms with van der Waals surface area (Å²) in [5.74, 6) is -0.103. The van der Waals surface area contributed by atoms with E-state index in [-0.39, 0.29) is 12.5 Å². The number of likely N-dealkylation sites (tertiary alicyclic amines) is 1. The van der Waals surface area contributed by atoms with Crippen LogP contribution in [-0.4, -0.2) is 70.1 Å². The molecule has 0 radical (unpaired) electrons. The van der Waals surface area contributed by atoms with Crippen molar-refractivity contribution in [1.82, 2.24) is 24.6 Å². The van der Waals surface area contributed by atoms with Crippen molar-refractivity contribution in [2.24, 2.45) is 0 Å². The minimum Gasteiger partial charge on any atom is -0.383 e. The predicted molar refractivity (Wildman–Crippen MR) is 118 cm³/mol. The molecule has 2 atom stereocenters. The number of alkyl halides is 1. The number of aromatic nitrogens is 4. The van der Waals surface area contributed by atoms with Crippen molar-refractivity contribution in [1.29, 1.82) is 0 Å². The van der Waals surface area contributed by atoms with Crippen molar-refractivity contribution in [2.45, 2.75) is 32.5 Å². The molecule has 1 aliphatic heterocycles. The van der Waals surface area contributed by atoms with Gasteiger partial charge in [0.05, 0.1) is 41.5 Å². The maximum absolute atomic E-state index is 14.9. The first kappa shape index (κ1) is 21.6. The van der Waals surface area contributed by atoms with Gasteiger partial charge in [0.25, 0.3) is 0 Å². The SMILES string of the molecule is COCCNc1c(-c2cnn(C3CCN(C(C)=O)C[C@@H]3F)c2C)cnc2[nH]cc(Cl)c12. The standard InChI is InChI=1S/C21H26ClFN6O2/c1-12-14(9-27-29(12)18-4-6-28(13(2)30)11-17(18)23)15-8-25-21-19(16(22)10-26-21)20(15)24-5-7-31-3/h8-10,17-18H,4-7,11H2,1-3H3,(H2,24,25,26)/t17-,18?/m0/s1. The molecule has 1 aliphatic rings. The average molecular weight is 449 g/mol. The summed E-state index contributed by atoms with van der Waals surface area (Å²) in [7, 11) is 1.65. The molecule has 0 saturated carbocycles. The minimum absolute atomic E-state index is 0.0882. The number of pyridine rings is 1. The zero-order chi connectivity index (χ0) is 22.1. The molecule has 31 heavy (non-hydrogen) atoms. The Morgan fingerprint density at radius 2 is 2.23 bits per heavy atom. The molecule has 166 valence electrons. The third kappa shape index (κ3) is 3.99. The highest BCUT2D eigenvalue weighted by molar-refractivity contribution is 6.36. The fourth-order valence-corrected chi connectivity index (χ4v) is 4.44. The second-order valence-electron chi connectivity index (χ2n) is 7.75. The Labute approximate surface area is 184 Å². The number of ether oxygens (including phenoxy) is 1. The van der Waals surface area contributed by atoms with Gasteiger partial charge in [-0.2, -0.15) is 5.10 Å². The minimum atomic E-state index is -1.18. The van der Waals surface area contributed by atoms with E-state index >= 15 is 0 Å². The number of piperidine rings is 1. The monoisotopic (exact) mass is 448 g/mol. The van der Waals surface area contributed by atoms with Gasteiger partial charge < -0.3 is 19.9 Å². The molecule has 1 amide bonds. The van der Waals surface area contributed by atoms with E-state index in [2.05, 4.69) is 20.4 Å². The van der Waals surface area contributed by atoms with E-state index in [1.54, 1.807) is 35.3 Å².